The molecule has 0 atom stereocenters. The number of rotatable bonds is 2. The van der Waals surface area contributed by atoms with E-state index in [4.69, 9.17) is 5.26 Å². The molecule has 4 nitrogen and oxygen atoms in total. The number of nitriles is 1. The van der Waals surface area contributed by atoms with Crippen LogP contribution in [-0.4, -0.2) is 15.0 Å². The summed E-state index contributed by atoms with van der Waals surface area (Å²) in [4.78, 5) is 0. The first-order valence-electron chi connectivity index (χ1n) is 5.19. The summed E-state index contributed by atoms with van der Waals surface area (Å²) in [5.41, 5.74) is 1.54. The predicted octanol–water partition coefficient (Wildman–Crippen LogP) is 2.32. The lowest BCUT2D eigenvalue weighted by Crippen LogP contribution is -2.16. The first-order chi connectivity index (χ1) is 6.85. The molecule has 0 amide bonds. The zero-order chi connectivity index (χ0) is 11.6. The van der Waals surface area contributed by atoms with Crippen LogP contribution in [0.3, 0.4) is 0 Å². The van der Waals surface area contributed by atoms with Gasteiger partial charge in [-0.3, -0.25) is 0 Å². The first kappa shape index (κ1) is 11.7. The van der Waals surface area contributed by atoms with Crippen molar-refractivity contribution in [1.82, 2.24) is 15.0 Å². The summed E-state index contributed by atoms with van der Waals surface area (Å²) >= 11 is 0. The van der Waals surface area contributed by atoms with Crippen molar-refractivity contribution in [3.05, 3.63) is 11.4 Å². The summed E-state index contributed by atoms with van der Waals surface area (Å²) in [6.45, 7) is 10.5. The van der Waals surface area contributed by atoms with E-state index in [9.17, 15) is 0 Å². The lowest BCUT2D eigenvalue weighted by atomic mass is 9.90. The number of hydrogen-bond donors (Lipinski definition) is 0. The van der Waals surface area contributed by atoms with Gasteiger partial charge in [0.1, 0.15) is 6.07 Å². The topological polar surface area (TPSA) is 54.5 Å². The maximum atomic E-state index is 8.94. The molecule has 0 bridgehead atoms. The second-order valence-electron chi connectivity index (χ2n) is 5.27. The van der Waals surface area contributed by atoms with Crippen LogP contribution in [-0.2, 0) is 6.42 Å². The Bertz CT molecular complexity index is 376. The van der Waals surface area contributed by atoms with E-state index in [1.165, 1.54) is 0 Å². The Morgan fingerprint density at radius 1 is 1.40 bits per heavy atom. The summed E-state index contributed by atoms with van der Waals surface area (Å²) in [5, 5.41) is 16.9. The van der Waals surface area contributed by atoms with Crippen molar-refractivity contribution in [3.8, 4) is 6.07 Å². The van der Waals surface area contributed by atoms with Crippen LogP contribution >= 0.6 is 0 Å². The van der Waals surface area contributed by atoms with E-state index in [0.29, 0.717) is 5.69 Å². The van der Waals surface area contributed by atoms with Crippen molar-refractivity contribution >= 4 is 0 Å². The maximum absolute atomic E-state index is 8.94. The van der Waals surface area contributed by atoms with Gasteiger partial charge in [0.2, 0.25) is 0 Å². The predicted molar refractivity (Wildman–Crippen MR) is 58.3 cm³/mol. The van der Waals surface area contributed by atoms with Gasteiger partial charge >= 0.3 is 0 Å². The minimum Gasteiger partial charge on any atom is -0.245 e. The summed E-state index contributed by atoms with van der Waals surface area (Å²) in [7, 11) is 0. The molecule has 0 spiro atoms. The maximum Gasteiger partial charge on any atom is 0.185 e. The third-order valence-corrected chi connectivity index (χ3v) is 2.08. The quantitative estimate of drug-likeness (QED) is 0.746. The normalized spacial score (nSPS) is 11.8. The van der Waals surface area contributed by atoms with Crippen molar-refractivity contribution in [2.24, 2.45) is 5.41 Å². The van der Waals surface area contributed by atoms with Gasteiger partial charge in [-0.25, -0.2) is 4.68 Å². The van der Waals surface area contributed by atoms with Crippen molar-refractivity contribution in [1.29, 1.82) is 5.26 Å². The highest BCUT2D eigenvalue weighted by Gasteiger charge is 2.20. The molecule has 0 saturated heterocycles. The molecule has 0 aliphatic heterocycles. The molecule has 1 aromatic rings. The summed E-state index contributed by atoms with van der Waals surface area (Å²) < 4.78 is 1.84. The molecule has 1 heterocycles. The Hall–Kier alpha value is -1.37. The van der Waals surface area contributed by atoms with Crippen LogP contribution in [0.2, 0.25) is 0 Å². The van der Waals surface area contributed by atoms with Crippen LogP contribution in [0.5, 0.6) is 0 Å². The highest BCUT2D eigenvalue weighted by molar-refractivity contribution is 5.25. The van der Waals surface area contributed by atoms with Gasteiger partial charge < -0.3 is 0 Å². The fourth-order valence-corrected chi connectivity index (χ4v) is 1.48. The lowest BCUT2D eigenvalue weighted by molar-refractivity contribution is 0.382. The first-order valence-corrected chi connectivity index (χ1v) is 5.19. The van der Waals surface area contributed by atoms with Gasteiger partial charge in [-0.15, -0.1) is 5.10 Å². The van der Waals surface area contributed by atoms with Gasteiger partial charge in [0.25, 0.3) is 0 Å². The van der Waals surface area contributed by atoms with Crippen LogP contribution in [0.25, 0.3) is 0 Å². The molecule has 15 heavy (non-hydrogen) atoms. The van der Waals surface area contributed by atoms with Crippen molar-refractivity contribution in [2.75, 3.05) is 0 Å². The third-order valence-electron chi connectivity index (χ3n) is 2.08. The van der Waals surface area contributed by atoms with Gasteiger partial charge in [-0.1, -0.05) is 26.0 Å². The van der Waals surface area contributed by atoms with Gasteiger partial charge in [-0.2, -0.15) is 5.26 Å². The number of hydrogen-bond acceptors (Lipinski definition) is 3. The van der Waals surface area contributed by atoms with E-state index in [0.717, 1.165) is 12.1 Å². The largest absolute Gasteiger partial charge is 0.245 e. The SMILES string of the molecule is CC(C)n1nnc(C#N)c1CC(C)(C)C. The molecular formula is C11H18N4. The number of aromatic nitrogens is 3. The standard InChI is InChI=1S/C11H18N4/c1-8(2)15-10(6-11(3,4)5)9(7-12)13-14-15/h8H,6H2,1-5H3. The Kier molecular flexibility index (Phi) is 3.13. The molecule has 0 unspecified atom stereocenters. The molecule has 0 saturated carbocycles. The summed E-state index contributed by atoms with van der Waals surface area (Å²) in [6.07, 6.45) is 0.821. The van der Waals surface area contributed by atoms with Crippen molar-refractivity contribution in [2.45, 2.75) is 47.1 Å². The molecule has 0 N–H and O–H groups in total. The van der Waals surface area contributed by atoms with E-state index >= 15 is 0 Å². The molecular weight excluding hydrogens is 188 g/mol. The Morgan fingerprint density at radius 2 is 2.00 bits per heavy atom. The van der Waals surface area contributed by atoms with E-state index < -0.39 is 0 Å². The van der Waals surface area contributed by atoms with Gasteiger partial charge in [0, 0.05) is 6.04 Å². The van der Waals surface area contributed by atoms with Crippen LogP contribution in [0.15, 0.2) is 0 Å². The Labute approximate surface area is 90.9 Å². The Morgan fingerprint density at radius 3 is 2.40 bits per heavy atom. The number of nitrogens with zero attached hydrogens (tertiary/aromatic N) is 4. The van der Waals surface area contributed by atoms with Crippen LogP contribution < -0.4 is 0 Å². The van der Waals surface area contributed by atoms with Crippen molar-refractivity contribution in [3.63, 3.8) is 0 Å². The smallest absolute Gasteiger partial charge is 0.185 e. The van der Waals surface area contributed by atoms with E-state index in [2.05, 4.69) is 37.2 Å². The van der Waals surface area contributed by atoms with Crippen LogP contribution in [0.4, 0.5) is 0 Å². The summed E-state index contributed by atoms with van der Waals surface area (Å²) in [5.74, 6) is 0. The van der Waals surface area contributed by atoms with Gasteiger partial charge in [0.15, 0.2) is 5.69 Å². The highest BCUT2D eigenvalue weighted by Crippen LogP contribution is 2.23. The van der Waals surface area contributed by atoms with Crippen LogP contribution in [0.1, 0.15) is 52.0 Å². The Balaban J connectivity index is 3.13. The lowest BCUT2D eigenvalue weighted by Gasteiger charge is -2.19. The average molecular weight is 206 g/mol. The minimum absolute atomic E-state index is 0.139. The zero-order valence-corrected chi connectivity index (χ0v) is 10.1. The fourth-order valence-electron chi connectivity index (χ4n) is 1.48. The molecule has 0 radical (unpaired) electrons. The molecule has 0 aliphatic rings. The van der Waals surface area contributed by atoms with Gasteiger partial charge in [0.05, 0.1) is 5.69 Å². The molecule has 82 valence electrons. The fraction of sp³-hybridized carbons (Fsp3) is 0.727. The molecule has 1 aromatic heterocycles. The van der Waals surface area contributed by atoms with Gasteiger partial charge in [-0.05, 0) is 25.7 Å². The second-order valence-corrected chi connectivity index (χ2v) is 5.27. The van der Waals surface area contributed by atoms with Crippen LogP contribution in [0, 0.1) is 16.7 Å². The molecule has 4 heteroatoms. The van der Waals surface area contributed by atoms with E-state index in [1.54, 1.807) is 0 Å². The highest BCUT2D eigenvalue weighted by atomic mass is 15.4. The van der Waals surface area contributed by atoms with Crippen molar-refractivity contribution < 1.29 is 0 Å². The molecule has 0 fully saturated rings. The molecule has 1 rings (SSSR count). The average Bonchev–Trinajstić information content (AvgIpc) is 2.44. The molecule has 0 aliphatic carbocycles. The second kappa shape index (κ2) is 4.01. The molecule has 0 aromatic carbocycles. The zero-order valence-electron chi connectivity index (χ0n) is 10.1. The van der Waals surface area contributed by atoms with E-state index in [1.807, 2.05) is 18.5 Å². The monoisotopic (exact) mass is 206 g/mol. The minimum atomic E-state index is 0.139. The third kappa shape index (κ3) is 2.79. The van der Waals surface area contributed by atoms with E-state index in [-0.39, 0.29) is 11.5 Å². The summed E-state index contributed by atoms with van der Waals surface area (Å²) in [6, 6.07) is 2.35.